The first-order valence-electron chi connectivity index (χ1n) is 6.94. The summed E-state index contributed by atoms with van der Waals surface area (Å²) in [6, 6.07) is 8.02. The topological polar surface area (TPSA) is 68.3 Å². The van der Waals surface area contributed by atoms with Gasteiger partial charge < -0.3 is 10.1 Å². The van der Waals surface area contributed by atoms with Crippen molar-refractivity contribution in [3.63, 3.8) is 0 Å². The van der Waals surface area contributed by atoms with Crippen molar-refractivity contribution < 1.29 is 18.7 Å². The first kappa shape index (κ1) is 17.7. The van der Waals surface area contributed by atoms with Gasteiger partial charge in [0.15, 0.2) is 12.3 Å². The molecule has 0 bridgehead atoms. The van der Waals surface area contributed by atoms with Crippen LogP contribution in [0.1, 0.15) is 10.5 Å². The molecule has 1 N–H and O–H groups in total. The molecule has 0 atom stereocenters. The molecule has 0 aliphatic heterocycles. The lowest BCUT2D eigenvalue weighted by atomic mass is 10.3. The lowest BCUT2D eigenvalue weighted by Crippen LogP contribution is -2.21. The highest BCUT2D eigenvalue weighted by Gasteiger charge is 2.16. The highest BCUT2D eigenvalue weighted by Crippen LogP contribution is 2.28. The van der Waals surface area contributed by atoms with E-state index in [1.807, 2.05) is 17.5 Å². The molecule has 5 nitrogen and oxygen atoms in total. The van der Waals surface area contributed by atoms with Crippen LogP contribution in [0.2, 0.25) is 0 Å². The SMILES string of the molecule is O=C(COC(=O)c1csc(-c2cccs2)n1)Nc1ccc(Br)cc1F. The summed E-state index contributed by atoms with van der Waals surface area (Å²) in [6.07, 6.45) is 0. The third-order valence-corrected chi connectivity index (χ3v) is 5.36. The summed E-state index contributed by atoms with van der Waals surface area (Å²) in [5.41, 5.74) is 0.147. The van der Waals surface area contributed by atoms with Gasteiger partial charge in [0.25, 0.3) is 5.91 Å². The number of carbonyl (C=O) groups is 2. The van der Waals surface area contributed by atoms with Crippen LogP contribution in [0.4, 0.5) is 10.1 Å². The van der Waals surface area contributed by atoms with Gasteiger partial charge in [-0.05, 0) is 29.6 Å². The molecular weight excluding hydrogens is 431 g/mol. The molecule has 0 aliphatic rings. The standard InChI is InChI=1S/C16H10BrFN2O3S2/c17-9-3-4-11(10(18)6-9)19-14(21)7-23-16(22)12-8-25-15(20-12)13-2-1-5-24-13/h1-6,8H,7H2,(H,19,21). The molecule has 2 heterocycles. The number of benzene rings is 1. The van der Waals surface area contributed by atoms with Crippen molar-refractivity contribution in [1.29, 1.82) is 0 Å². The van der Waals surface area contributed by atoms with Gasteiger partial charge in [-0.2, -0.15) is 0 Å². The van der Waals surface area contributed by atoms with Crippen molar-refractivity contribution >= 4 is 56.2 Å². The van der Waals surface area contributed by atoms with Crippen molar-refractivity contribution in [3.05, 3.63) is 57.1 Å². The number of hydrogen-bond acceptors (Lipinski definition) is 6. The van der Waals surface area contributed by atoms with Crippen molar-refractivity contribution in [1.82, 2.24) is 4.98 Å². The number of halogens is 2. The number of thiazole rings is 1. The van der Waals surface area contributed by atoms with Crippen LogP contribution in [-0.2, 0) is 9.53 Å². The summed E-state index contributed by atoms with van der Waals surface area (Å²) in [6.45, 7) is -0.528. The van der Waals surface area contributed by atoms with Gasteiger partial charge in [0.05, 0.1) is 10.6 Å². The van der Waals surface area contributed by atoms with E-state index in [9.17, 15) is 14.0 Å². The Morgan fingerprint density at radius 2 is 2.12 bits per heavy atom. The van der Waals surface area contributed by atoms with E-state index in [1.165, 1.54) is 34.8 Å². The monoisotopic (exact) mass is 440 g/mol. The molecule has 0 saturated carbocycles. The second-order valence-electron chi connectivity index (χ2n) is 4.76. The molecular formula is C16H10BrFN2O3S2. The maximum Gasteiger partial charge on any atom is 0.358 e. The zero-order valence-corrected chi connectivity index (χ0v) is 15.7. The van der Waals surface area contributed by atoms with Crippen molar-refractivity contribution in [2.75, 3.05) is 11.9 Å². The second-order valence-corrected chi connectivity index (χ2v) is 7.49. The van der Waals surface area contributed by atoms with Crippen LogP contribution in [0.25, 0.3) is 9.88 Å². The number of hydrogen-bond donors (Lipinski definition) is 1. The molecule has 128 valence electrons. The molecule has 0 saturated heterocycles. The number of nitrogens with zero attached hydrogens (tertiary/aromatic N) is 1. The summed E-state index contributed by atoms with van der Waals surface area (Å²) >= 11 is 5.96. The van der Waals surface area contributed by atoms with E-state index in [0.717, 1.165) is 4.88 Å². The van der Waals surface area contributed by atoms with Crippen LogP contribution in [0, 0.1) is 5.82 Å². The number of esters is 1. The van der Waals surface area contributed by atoms with Crippen LogP contribution >= 0.6 is 38.6 Å². The van der Waals surface area contributed by atoms with Crippen LogP contribution in [0.3, 0.4) is 0 Å². The first-order chi connectivity index (χ1) is 12.0. The van der Waals surface area contributed by atoms with Crippen molar-refractivity contribution in [2.45, 2.75) is 0 Å². The number of nitrogens with one attached hydrogen (secondary N) is 1. The fourth-order valence-corrected chi connectivity index (χ4v) is 3.80. The highest BCUT2D eigenvalue weighted by molar-refractivity contribution is 9.10. The molecule has 1 amide bonds. The molecule has 0 spiro atoms. The lowest BCUT2D eigenvalue weighted by molar-refractivity contribution is -0.119. The Hall–Kier alpha value is -2.10. The smallest absolute Gasteiger partial charge is 0.358 e. The summed E-state index contributed by atoms with van der Waals surface area (Å²) in [4.78, 5) is 28.9. The molecule has 0 radical (unpaired) electrons. The van der Waals surface area contributed by atoms with E-state index >= 15 is 0 Å². The van der Waals surface area contributed by atoms with Gasteiger partial charge in [-0.3, -0.25) is 4.79 Å². The number of ether oxygens (including phenoxy) is 1. The average Bonchev–Trinajstić information content (AvgIpc) is 3.26. The van der Waals surface area contributed by atoms with Crippen LogP contribution in [0.15, 0.2) is 45.6 Å². The number of rotatable bonds is 5. The Balaban J connectivity index is 1.56. The van der Waals surface area contributed by atoms with Crippen LogP contribution in [-0.4, -0.2) is 23.5 Å². The maximum absolute atomic E-state index is 13.7. The van der Waals surface area contributed by atoms with E-state index in [4.69, 9.17) is 4.74 Å². The minimum Gasteiger partial charge on any atom is -0.451 e. The summed E-state index contributed by atoms with van der Waals surface area (Å²) in [5.74, 6) is -1.93. The largest absolute Gasteiger partial charge is 0.451 e. The molecule has 9 heteroatoms. The molecule has 3 aromatic rings. The van der Waals surface area contributed by atoms with Crippen molar-refractivity contribution in [2.24, 2.45) is 0 Å². The van der Waals surface area contributed by atoms with Crippen molar-refractivity contribution in [3.8, 4) is 9.88 Å². The van der Waals surface area contributed by atoms with Gasteiger partial charge in [0.2, 0.25) is 0 Å². The highest BCUT2D eigenvalue weighted by atomic mass is 79.9. The van der Waals surface area contributed by atoms with Gasteiger partial charge in [-0.1, -0.05) is 22.0 Å². The quantitative estimate of drug-likeness (QED) is 0.590. The number of amides is 1. The van der Waals surface area contributed by atoms with E-state index in [1.54, 1.807) is 11.4 Å². The summed E-state index contributed by atoms with van der Waals surface area (Å²) in [5, 5.41) is 6.55. The molecule has 2 aromatic heterocycles. The zero-order valence-electron chi connectivity index (χ0n) is 12.5. The lowest BCUT2D eigenvalue weighted by Gasteiger charge is -2.07. The van der Waals surface area contributed by atoms with E-state index in [0.29, 0.717) is 9.48 Å². The second kappa shape index (κ2) is 7.85. The normalized spacial score (nSPS) is 10.5. The molecule has 0 fully saturated rings. The molecule has 0 aliphatic carbocycles. The van der Waals surface area contributed by atoms with Gasteiger partial charge in [-0.15, -0.1) is 22.7 Å². The Bertz CT molecular complexity index is 912. The first-order valence-corrected chi connectivity index (χ1v) is 9.49. The fourth-order valence-electron chi connectivity index (χ4n) is 1.86. The minimum absolute atomic E-state index is 0.0119. The Labute approximate surface area is 158 Å². The van der Waals surface area contributed by atoms with E-state index in [-0.39, 0.29) is 11.4 Å². The molecule has 0 unspecified atom stereocenters. The van der Waals surface area contributed by atoms with Gasteiger partial charge >= 0.3 is 5.97 Å². The van der Waals surface area contributed by atoms with E-state index < -0.39 is 24.3 Å². The number of carbonyl (C=O) groups excluding carboxylic acids is 2. The third-order valence-electron chi connectivity index (χ3n) is 2.98. The Kier molecular flexibility index (Phi) is 5.57. The van der Waals surface area contributed by atoms with E-state index in [2.05, 4.69) is 26.2 Å². The summed E-state index contributed by atoms with van der Waals surface area (Å²) in [7, 11) is 0. The molecule has 25 heavy (non-hydrogen) atoms. The number of aromatic nitrogens is 1. The number of thiophene rings is 1. The molecule has 1 aromatic carbocycles. The Morgan fingerprint density at radius 1 is 1.28 bits per heavy atom. The zero-order chi connectivity index (χ0) is 17.8. The van der Waals surface area contributed by atoms with Gasteiger partial charge in [0.1, 0.15) is 10.8 Å². The average molecular weight is 441 g/mol. The number of anilines is 1. The summed E-state index contributed by atoms with van der Waals surface area (Å²) < 4.78 is 19.1. The van der Waals surface area contributed by atoms with Gasteiger partial charge in [-0.25, -0.2) is 14.2 Å². The fraction of sp³-hybridized carbons (Fsp3) is 0.0625. The predicted octanol–water partition coefficient (Wildman–Crippen LogP) is 4.57. The van der Waals surface area contributed by atoms with Crippen LogP contribution in [0.5, 0.6) is 0 Å². The molecule has 3 rings (SSSR count). The predicted molar refractivity (Wildman–Crippen MR) is 98.4 cm³/mol. The van der Waals surface area contributed by atoms with Crippen LogP contribution < -0.4 is 5.32 Å². The van der Waals surface area contributed by atoms with Gasteiger partial charge in [0, 0.05) is 9.85 Å². The third kappa shape index (κ3) is 4.50. The Morgan fingerprint density at radius 3 is 2.84 bits per heavy atom. The maximum atomic E-state index is 13.7. The minimum atomic E-state index is -0.703.